The Morgan fingerprint density at radius 3 is 2.95 bits per heavy atom. The number of pyridine rings is 1. The number of carbonyl (C=O) groups is 1. The van der Waals surface area contributed by atoms with Gasteiger partial charge in [-0.3, -0.25) is 4.79 Å². The summed E-state index contributed by atoms with van der Waals surface area (Å²) in [6.07, 6.45) is 6.33. The molecule has 0 radical (unpaired) electrons. The van der Waals surface area contributed by atoms with Crippen LogP contribution in [0.1, 0.15) is 53.0 Å². The second-order valence-corrected chi connectivity index (χ2v) is 9.94. The van der Waals surface area contributed by atoms with Crippen LogP contribution in [0.4, 0.5) is 10.2 Å². The Balaban J connectivity index is 0.00000320. The fraction of sp³-hybridized carbons (Fsp3) is 0.346. The number of anilines is 1. The minimum Gasteiger partial charge on any atom is -0.481 e. The quantitative estimate of drug-likeness (QED) is 0.270. The molecule has 1 unspecified atom stereocenters. The zero-order valence-corrected chi connectivity index (χ0v) is 21.7. The lowest BCUT2D eigenvalue weighted by Crippen LogP contribution is -2.14. The van der Waals surface area contributed by atoms with Gasteiger partial charge in [-0.25, -0.2) is 14.4 Å². The number of aromatic nitrogens is 4. The molecule has 11 heteroatoms. The molecule has 2 N–H and O–H groups in total. The number of thiazole rings is 1. The summed E-state index contributed by atoms with van der Waals surface area (Å²) >= 11 is 1.35. The van der Waals surface area contributed by atoms with E-state index in [0.29, 0.717) is 35.1 Å². The zero-order valence-electron chi connectivity index (χ0n) is 20.0. The molecule has 0 aliphatic carbocycles. The van der Waals surface area contributed by atoms with Crippen LogP contribution in [0.15, 0.2) is 47.1 Å². The van der Waals surface area contributed by atoms with E-state index in [4.69, 9.17) is 9.51 Å². The highest BCUT2D eigenvalue weighted by Gasteiger charge is 2.23. The molecule has 0 saturated heterocycles. The largest absolute Gasteiger partial charge is 0.481 e. The van der Waals surface area contributed by atoms with Crippen LogP contribution >= 0.6 is 23.7 Å². The number of benzene rings is 1. The van der Waals surface area contributed by atoms with E-state index < -0.39 is 5.97 Å². The van der Waals surface area contributed by atoms with Crippen LogP contribution in [0.25, 0.3) is 10.6 Å². The van der Waals surface area contributed by atoms with Crippen molar-refractivity contribution in [1.82, 2.24) is 20.1 Å². The molecule has 4 heterocycles. The number of aliphatic carboxylic acids is 1. The third-order valence-electron chi connectivity index (χ3n) is 6.13. The highest BCUT2D eigenvalue weighted by molar-refractivity contribution is 7.15. The smallest absolute Gasteiger partial charge is 0.304 e. The maximum Gasteiger partial charge on any atom is 0.304 e. The summed E-state index contributed by atoms with van der Waals surface area (Å²) in [6.45, 7) is 0.964. The lowest BCUT2D eigenvalue weighted by molar-refractivity contribution is -0.137. The van der Waals surface area contributed by atoms with Crippen molar-refractivity contribution in [2.75, 3.05) is 11.9 Å². The van der Waals surface area contributed by atoms with Gasteiger partial charge in [0.1, 0.15) is 16.6 Å². The fourth-order valence-electron chi connectivity index (χ4n) is 4.34. The van der Waals surface area contributed by atoms with Gasteiger partial charge in [0.05, 0.1) is 6.42 Å². The first kappa shape index (κ1) is 26.7. The van der Waals surface area contributed by atoms with Gasteiger partial charge in [0.25, 0.3) is 0 Å². The molecule has 0 bridgehead atoms. The number of hydrogen-bond donors (Lipinski definition) is 2. The average Bonchev–Trinajstić information content (AvgIpc) is 3.53. The number of nitrogens with one attached hydrogen (secondary N) is 1. The first-order valence-corrected chi connectivity index (χ1v) is 12.8. The molecule has 1 aliphatic heterocycles. The molecule has 3 aromatic heterocycles. The molecule has 194 valence electrons. The van der Waals surface area contributed by atoms with Crippen molar-refractivity contribution < 1.29 is 18.8 Å². The maximum atomic E-state index is 13.6. The first-order valence-electron chi connectivity index (χ1n) is 12.0. The van der Waals surface area contributed by atoms with Gasteiger partial charge in [0.2, 0.25) is 5.89 Å². The van der Waals surface area contributed by atoms with Gasteiger partial charge in [-0.2, -0.15) is 4.98 Å². The number of carboxylic acids is 1. The number of hydrogen-bond acceptors (Lipinski definition) is 8. The number of rotatable bonds is 10. The Kier molecular flexibility index (Phi) is 8.83. The number of aryl methyl sites for hydroxylation is 3. The molecule has 0 fully saturated rings. The predicted molar refractivity (Wildman–Crippen MR) is 141 cm³/mol. The molecule has 8 nitrogen and oxygen atoms in total. The maximum absolute atomic E-state index is 13.6. The van der Waals surface area contributed by atoms with Gasteiger partial charge >= 0.3 is 5.97 Å². The van der Waals surface area contributed by atoms with Crippen LogP contribution in [0.5, 0.6) is 0 Å². The normalized spacial score (nSPS) is 13.3. The Labute approximate surface area is 223 Å². The fourth-order valence-corrected chi connectivity index (χ4v) is 5.35. The SMILES string of the molecule is Cl.O=C(O)CC(Cc1nc(CCCc2ccc3c(n2)NCCC3)no1)c1cnc(-c2cccc(F)c2)s1. The zero-order chi connectivity index (χ0) is 24.9. The van der Waals surface area contributed by atoms with E-state index in [1.165, 1.54) is 29.0 Å². The standard InChI is InChI=1S/C26H26FN5O3S.ClH/c27-19-6-1-4-17(12-19)26-29-15-21(36-26)18(14-24(33)34)13-23-31-22(32-35-23)8-2-7-20-10-9-16-5-3-11-28-25(16)30-20;/h1,4,6,9-10,12,15,18H,2-3,5,7-8,11,13-14H2,(H,28,30)(H,33,34);1H. The summed E-state index contributed by atoms with van der Waals surface area (Å²) in [5, 5.41) is 17.5. The highest BCUT2D eigenvalue weighted by Crippen LogP contribution is 2.33. The van der Waals surface area contributed by atoms with Crippen LogP contribution in [0.3, 0.4) is 0 Å². The summed E-state index contributed by atoms with van der Waals surface area (Å²) in [7, 11) is 0. The van der Waals surface area contributed by atoms with Gasteiger partial charge in [0, 0.05) is 47.6 Å². The monoisotopic (exact) mass is 543 g/mol. The lowest BCUT2D eigenvalue weighted by atomic mass is 10.0. The van der Waals surface area contributed by atoms with Crippen molar-refractivity contribution in [3.05, 3.63) is 76.3 Å². The molecule has 5 rings (SSSR count). The topological polar surface area (TPSA) is 114 Å². The molecule has 0 amide bonds. The third kappa shape index (κ3) is 6.90. The van der Waals surface area contributed by atoms with Crippen molar-refractivity contribution in [2.24, 2.45) is 0 Å². The van der Waals surface area contributed by atoms with E-state index in [0.717, 1.165) is 48.6 Å². The third-order valence-corrected chi connectivity index (χ3v) is 7.34. The average molecular weight is 544 g/mol. The van der Waals surface area contributed by atoms with E-state index in [-0.39, 0.29) is 30.6 Å². The number of halogens is 2. The van der Waals surface area contributed by atoms with E-state index in [9.17, 15) is 14.3 Å². The predicted octanol–water partition coefficient (Wildman–Crippen LogP) is 5.48. The Morgan fingerprint density at radius 1 is 1.22 bits per heavy atom. The van der Waals surface area contributed by atoms with Crippen molar-refractivity contribution >= 4 is 35.5 Å². The molecule has 37 heavy (non-hydrogen) atoms. The Hall–Kier alpha value is -3.37. The van der Waals surface area contributed by atoms with Gasteiger partial charge in [0.15, 0.2) is 5.82 Å². The molecule has 1 aromatic carbocycles. The highest BCUT2D eigenvalue weighted by atomic mass is 35.5. The molecule has 1 aliphatic rings. The molecule has 4 aromatic rings. The number of nitrogens with zero attached hydrogens (tertiary/aromatic N) is 4. The molecular weight excluding hydrogens is 517 g/mol. The summed E-state index contributed by atoms with van der Waals surface area (Å²) in [4.78, 5) is 25.9. The van der Waals surface area contributed by atoms with Crippen LogP contribution in [-0.4, -0.2) is 37.7 Å². The van der Waals surface area contributed by atoms with Gasteiger partial charge < -0.3 is 14.9 Å². The van der Waals surface area contributed by atoms with Crippen molar-refractivity contribution in [3.8, 4) is 10.6 Å². The Morgan fingerprint density at radius 2 is 2.11 bits per heavy atom. The molecule has 0 spiro atoms. The van der Waals surface area contributed by atoms with Gasteiger partial charge in [-0.05, 0) is 49.4 Å². The summed E-state index contributed by atoms with van der Waals surface area (Å²) in [5.41, 5.74) is 2.96. The summed E-state index contributed by atoms with van der Waals surface area (Å²) < 4.78 is 19.0. The number of fused-ring (bicyclic) bond motifs is 1. The molecule has 1 atom stereocenters. The van der Waals surface area contributed by atoms with Gasteiger partial charge in [-0.15, -0.1) is 23.7 Å². The van der Waals surface area contributed by atoms with Crippen LogP contribution in [0.2, 0.25) is 0 Å². The minimum atomic E-state index is -0.924. The molecular formula is C26H27ClFN5O3S. The number of carboxylic acid groups (broad SMARTS) is 1. The van der Waals surface area contributed by atoms with Gasteiger partial charge in [-0.1, -0.05) is 23.4 Å². The first-order chi connectivity index (χ1) is 17.5. The van der Waals surface area contributed by atoms with Crippen molar-refractivity contribution in [3.63, 3.8) is 0 Å². The van der Waals surface area contributed by atoms with Crippen molar-refractivity contribution in [1.29, 1.82) is 0 Å². The van der Waals surface area contributed by atoms with Crippen LogP contribution in [-0.2, 0) is 30.5 Å². The summed E-state index contributed by atoms with van der Waals surface area (Å²) in [5.74, 6) is 0.348. The van der Waals surface area contributed by atoms with E-state index in [2.05, 4.69) is 32.6 Å². The lowest BCUT2D eigenvalue weighted by Gasteiger charge is -2.17. The minimum absolute atomic E-state index is 0. The van der Waals surface area contributed by atoms with Crippen LogP contribution < -0.4 is 5.32 Å². The van der Waals surface area contributed by atoms with Crippen molar-refractivity contribution in [2.45, 2.75) is 50.9 Å². The second kappa shape index (κ2) is 12.2. The van der Waals surface area contributed by atoms with E-state index in [1.54, 1.807) is 18.3 Å². The van der Waals surface area contributed by atoms with E-state index in [1.807, 2.05) is 0 Å². The molecule has 0 saturated carbocycles. The second-order valence-electron chi connectivity index (χ2n) is 8.88. The van der Waals surface area contributed by atoms with E-state index >= 15 is 0 Å². The Bertz CT molecular complexity index is 1360. The summed E-state index contributed by atoms with van der Waals surface area (Å²) in [6, 6.07) is 10.4. The van der Waals surface area contributed by atoms with Crippen LogP contribution in [0, 0.1) is 5.82 Å².